The van der Waals surface area contributed by atoms with Crippen LogP contribution in [0.15, 0.2) is 39.5 Å². The minimum atomic E-state index is -0.654. The van der Waals surface area contributed by atoms with Crippen molar-refractivity contribution in [3.63, 3.8) is 0 Å². The Morgan fingerprint density at radius 1 is 1.06 bits per heavy atom. The summed E-state index contributed by atoms with van der Waals surface area (Å²) in [6.07, 6.45) is 0.227. The smallest absolute Gasteiger partial charge is 0.339 e. The molecule has 0 saturated carbocycles. The molecule has 1 aliphatic rings. The fourth-order valence-corrected chi connectivity index (χ4v) is 4.16. The summed E-state index contributed by atoms with van der Waals surface area (Å²) in [4.78, 5) is 14.2. The first kappa shape index (κ1) is 22.2. The Bertz CT molecular complexity index is 1190. The number of aliphatic hydroxyl groups is 1. The SMILES string of the molecule is COc1cc2c(cc1OC)CN(CC(O)COc1ccc3c(C)c(C)c(=O)oc3c1)CC2. The average Bonchev–Trinajstić information content (AvgIpc) is 2.80. The van der Waals surface area contributed by atoms with E-state index in [0.717, 1.165) is 36.2 Å². The summed E-state index contributed by atoms with van der Waals surface area (Å²) >= 11 is 0. The minimum Gasteiger partial charge on any atom is -0.493 e. The first-order valence-electron chi connectivity index (χ1n) is 10.7. The predicted octanol–water partition coefficient (Wildman–Crippen LogP) is 3.23. The number of ether oxygens (including phenoxy) is 3. The number of hydrogen-bond acceptors (Lipinski definition) is 7. The zero-order chi connectivity index (χ0) is 22.8. The third kappa shape index (κ3) is 4.45. The monoisotopic (exact) mass is 439 g/mol. The molecule has 0 amide bonds. The van der Waals surface area contributed by atoms with Gasteiger partial charge in [0.1, 0.15) is 24.0 Å². The van der Waals surface area contributed by atoms with Gasteiger partial charge in [-0.05, 0) is 61.2 Å². The third-order valence-electron chi connectivity index (χ3n) is 6.14. The summed E-state index contributed by atoms with van der Waals surface area (Å²) < 4.78 is 22.0. The maximum Gasteiger partial charge on any atom is 0.339 e. The van der Waals surface area contributed by atoms with Crippen LogP contribution in [0.4, 0.5) is 0 Å². The van der Waals surface area contributed by atoms with Crippen LogP contribution in [0.25, 0.3) is 11.0 Å². The molecule has 1 aliphatic heterocycles. The Balaban J connectivity index is 1.38. The molecule has 0 fully saturated rings. The van der Waals surface area contributed by atoms with Gasteiger partial charge in [0.15, 0.2) is 11.5 Å². The van der Waals surface area contributed by atoms with E-state index in [9.17, 15) is 9.90 Å². The van der Waals surface area contributed by atoms with E-state index in [2.05, 4.69) is 4.90 Å². The van der Waals surface area contributed by atoms with Gasteiger partial charge in [-0.15, -0.1) is 0 Å². The van der Waals surface area contributed by atoms with Crippen molar-refractivity contribution in [1.29, 1.82) is 0 Å². The van der Waals surface area contributed by atoms with Crippen molar-refractivity contribution in [2.24, 2.45) is 0 Å². The number of β-amino-alcohol motifs (C(OH)–C–C–N with tert-alkyl or cyclic N) is 1. The lowest BCUT2D eigenvalue weighted by molar-refractivity contribution is 0.0637. The lowest BCUT2D eigenvalue weighted by Gasteiger charge is -2.31. The van der Waals surface area contributed by atoms with Crippen molar-refractivity contribution >= 4 is 11.0 Å². The quantitative estimate of drug-likeness (QED) is 0.566. The highest BCUT2D eigenvalue weighted by molar-refractivity contribution is 5.82. The molecule has 170 valence electrons. The molecule has 0 spiro atoms. The summed E-state index contributed by atoms with van der Waals surface area (Å²) in [6, 6.07) is 9.46. The van der Waals surface area contributed by atoms with Crippen molar-refractivity contribution in [3.8, 4) is 17.2 Å². The summed E-state index contributed by atoms with van der Waals surface area (Å²) in [6.45, 7) is 5.88. The number of nitrogens with zero attached hydrogens (tertiary/aromatic N) is 1. The van der Waals surface area contributed by atoms with E-state index in [1.54, 1.807) is 27.2 Å². The maximum absolute atomic E-state index is 11.9. The number of methoxy groups -OCH3 is 2. The molecule has 7 nitrogen and oxygen atoms in total. The Morgan fingerprint density at radius 2 is 1.78 bits per heavy atom. The van der Waals surface area contributed by atoms with Crippen LogP contribution in [0.3, 0.4) is 0 Å². The summed E-state index contributed by atoms with van der Waals surface area (Å²) in [5, 5.41) is 11.4. The lowest BCUT2D eigenvalue weighted by atomic mass is 9.98. The molecule has 2 aromatic carbocycles. The molecule has 0 aliphatic carbocycles. The molecule has 1 aromatic heterocycles. The van der Waals surface area contributed by atoms with Gasteiger partial charge in [0.2, 0.25) is 0 Å². The van der Waals surface area contributed by atoms with Crippen LogP contribution < -0.4 is 19.8 Å². The van der Waals surface area contributed by atoms with Gasteiger partial charge >= 0.3 is 5.63 Å². The van der Waals surface area contributed by atoms with E-state index < -0.39 is 6.10 Å². The number of hydrogen-bond donors (Lipinski definition) is 1. The molecule has 0 radical (unpaired) electrons. The van der Waals surface area contributed by atoms with Crippen LogP contribution >= 0.6 is 0 Å². The van der Waals surface area contributed by atoms with Crippen molar-refractivity contribution in [2.45, 2.75) is 32.9 Å². The number of rotatable bonds is 7. The summed E-state index contributed by atoms with van der Waals surface area (Å²) in [7, 11) is 3.27. The van der Waals surface area contributed by atoms with E-state index in [-0.39, 0.29) is 12.2 Å². The zero-order valence-corrected chi connectivity index (χ0v) is 18.9. The minimum absolute atomic E-state index is 0.149. The molecule has 4 rings (SSSR count). The van der Waals surface area contributed by atoms with Gasteiger partial charge in [-0.2, -0.15) is 0 Å². The van der Waals surface area contributed by atoms with Gasteiger partial charge < -0.3 is 23.7 Å². The van der Waals surface area contributed by atoms with E-state index in [1.165, 1.54) is 11.1 Å². The van der Waals surface area contributed by atoms with Crippen LogP contribution in [0, 0.1) is 13.8 Å². The fraction of sp³-hybridized carbons (Fsp3) is 0.400. The molecule has 2 heterocycles. The molecular formula is C25H29NO6. The van der Waals surface area contributed by atoms with Gasteiger partial charge in [0.25, 0.3) is 0 Å². The molecule has 1 atom stereocenters. The molecule has 1 N–H and O–H groups in total. The Kier molecular flexibility index (Phi) is 6.39. The second-order valence-corrected chi connectivity index (χ2v) is 8.22. The molecule has 32 heavy (non-hydrogen) atoms. The van der Waals surface area contributed by atoms with Gasteiger partial charge in [0, 0.05) is 36.7 Å². The molecule has 7 heteroatoms. The molecule has 0 saturated heterocycles. The molecule has 1 unspecified atom stereocenters. The van der Waals surface area contributed by atoms with Crippen molar-refractivity contribution in [3.05, 3.63) is 63.0 Å². The van der Waals surface area contributed by atoms with E-state index in [0.29, 0.717) is 29.2 Å². The second-order valence-electron chi connectivity index (χ2n) is 8.22. The molecular weight excluding hydrogens is 410 g/mol. The molecule has 0 bridgehead atoms. The Hall–Kier alpha value is -3.03. The lowest BCUT2D eigenvalue weighted by Crippen LogP contribution is -2.38. The van der Waals surface area contributed by atoms with Crippen LogP contribution in [-0.4, -0.2) is 50.0 Å². The van der Waals surface area contributed by atoms with E-state index in [1.807, 2.05) is 31.2 Å². The normalized spacial score (nSPS) is 14.8. The van der Waals surface area contributed by atoms with Gasteiger partial charge in [-0.1, -0.05) is 0 Å². The highest BCUT2D eigenvalue weighted by atomic mass is 16.5. The number of benzene rings is 2. The van der Waals surface area contributed by atoms with Crippen LogP contribution in [0.5, 0.6) is 17.2 Å². The molecule has 3 aromatic rings. The summed E-state index contributed by atoms with van der Waals surface area (Å²) in [5.41, 5.74) is 4.09. The topological polar surface area (TPSA) is 81.4 Å². The predicted molar refractivity (Wildman–Crippen MR) is 122 cm³/mol. The third-order valence-corrected chi connectivity index (χ3v) is 6.14. The zero-order valence-electron chi connectivity index (χ0n) is 18.9. The van der Waals surface area contributed by atoms with Crippen LogP contribution in [0.1, 0.15) is 22.3 Å². The standard InChI is InChI=1S/C25H29NO6/c1-15-16(2)25(28)32-22-11-20(5-6-21(15)22)31-14-19(27)13-26-8-7-17-9-23(29-3)24(30-4)10-18(17)12-26/h5-6,9-11,19,27H,7-8,12-14H2,1-4H3. The van der Waals surface area contributed by atoms with Gasteiger partial charge in [-0.25, -0.2) is 4.79 Å². The fourth-order valence-electron chi connectivity index (χ4n) is 4.16. The van der Waals surface area contributed by atoms with Crippen LogP contribution in [-0.2, 0) is 13.0 Å². The second kappa shape index (κ2) is 9.22. The maximum atomic E-state index is 11.9. The first-order chi connectivity index (χ1) is 15.4. The van der Waals surface area contributed by atoms with E-state index >= 15 is 0 Å². The highest BCUT2D eigenvalue weighted by Crippen LogP contribution is 2.33. The van der Waals surface area contributed by atoms with E-state index in [4.69, 9.17) is 18.6 Å². The number of aliphatic hydroxyl groups excluding tert-OH is 1. The highest BCUT2D eigenvalue weighted by Gasteiger charge is 2.21. The number of aryl methyl sites for hydroxylation is 1. The van der Waals surface area contributed by atoms with Gasteiger partial charge in [-0.3, -0.25) is 4.90 Å². The Morgan fingerprint density at radius 3 is 2.50 bits per heavy atom. The van der Waals surface area contributed by atoms with Crippen molar-refractivity contribution in [1.82, 2.24) is 4.90 Å². The summed E-state index contributed by atoms with van der Waals surface area (Å²) in [5.74, 6) is 2.01. The largest absolute Gasteiger partial charge is 0.493 e. The number of fused-ring (bicyclic) bond motifs is 2. The van der Waals surface area contributed by atoms with Crippen LogP contribution in [0.2, 0.25) is 0 Å². The Labute approximate surface area is 187 Å². The van der Waals surface area contributed by atoms with Crippen molar-refractivity contribution < 1.29 is 23.7 Å². The first-order valence-corrected chi connectivity index (χ1v) is 10.7. The van der Waals surface area contributed by atoms with Gasteiger partial charge in [0.05, 0.1) is 14.2 Å². The average molecular weight is 440 g/mol. The van der Waals surface area contributed by atoms with Crippen molar-refractivity contribution in [2.75, 3.05) is 33.9 Å².